The number of ether oxygens (including phenoxy) is 2. The van der Waals surface area contributed by atoms with Crippen molar-refractivity contribution in [3.63, 3.8) is 0 Å². The minimum Gasteiger partial charge on any atom is -0.590 e. The van der Waals surface area contributed by atoms with Crippen LogP contribution in [0.25, 0.3) is 20.2 Å². The molecule has 0 aliphatic carbocycles. The van der Waals surface area contributed by atoms with Crippen molar-refractivity contribution in [3.8, 4) is 11.5 Å². The number of nitrogens with zero attached hydrogens (tertiary/aromatic N) is 2. The summed E-state index contributed by atoms with van der Waals surface area (Å²) < 4.78 is 26.5. The Morgan fingerprint density at radius 3 is 1.96 bits per heavy atom. The van der Waals surface area contributed by atoms with Crippen LogP contribution in [0, 0.1) is 0 Å². The number of thiophene rings is 1. The Balaban J connectivity index is 1.32. The average molecular weight is 399 g/mol. The van der Waals surface area contributed by atoms with Crippen molar-refractivity contribution in [1.29, 1.82) is 0 Å². The van der Waals surface area contributed by atoms with Crippen LogP contribution < -0.4 is 9.47 Å². The normalized spacial score (nSPS) is 18.2. The molecule has 6 heteroatoms. The minimum atomic E-state index is -1.16. The van der Waals surface area contributed by atoms with Crippen molar-refractivity contribution in [2.24, 2.45) is 0 Å². The molecule has 1 atom stereocenters. The summed E-state index contributed by atoms with van der Waals surface area (Å²) in [6.45, 7) is 8.01. The zero-order valence-electron chi connectivity index (χ0n) is 16.1. The van der Waals surface area contributed by atoms with Gasteiger partial charge >= 0.3 is 0 Å². The van der Waals surface area contributed by atoms with Gasteiger partial charge in [0.1, 0.15) is 24.7 Å². The van der Waals surface area contributed by atoms with Crippen LogP contribution in [0.2, 0.25) is 0 Å². The molecule has 28 heavy (non-hydrogen) atoms. The van der Waals surface area contributed by atoms with Crippen LogP contribution in [0.3, 0.4) is 0 Å². The Morgan fingerprint density at radius 1 is 0.750 bits per heavy atom. The Hall–Kier alpha value is -1.86. The highest BCUT2D eigenvalue weighted by molar-refractivity contribution is 7.37. The van der Waals surface area contributed by atoms with Gasteiger partial charge in [0.15, 0.2) is 9.40 Å². The van der Waals surface area contributed by atoms with Crippen LogP contribution in [-0.2, 0) is 0 Å². The molecule has 0 saturated carbocycles. The third-order valence-electron chi connectivity index (χ3n) is 5.84. The molecule has 2 aliphatic heterocycles. The van der Waals surface area contributed by atoms with Crippen LogP contribution in [0.4, 0.5) is 0 Å². The summed E-state index contributed by atoms with van der Waals surface area (Å²) >= 11 is 0. The Kier molecular flexibility index (Phi) is 5.11. The summed E-state index contributed by atoms with van der Waals surface area (Å²) in [5.41, 5.74) is 0. The van der Waals surface area contributed by atoms with E-state index in [0.29, 0.717) is 13.2 Å². The van der Waals surface area contributed by atoms with Gasteiger partial charge in [-0.2, -0.15) is 0 Å². The van der Waals surface area contributed by atoms with Crippen molar-refractivity contribution in [3.05, 3.63) is 36.4 Å². The molecule has 0 amide bonds. The van der Waals surface area contributed by atoms with Crippen LogP contribution in [0.1, 0.15) is 12.8 Å². The lowest BCUT2D eigenvalue weighted by Crippen LogP contribution is -2.39. The number of likely N-dealkylation sites (tertiary alicyclic amines) is 2. The maximum absolute atomic E-state index is 12.9. The lowest BCUT2D eigenvalue weighted by molar-refractivity contribution is 0.147. The summed E-state index contributed by atoms with van der Waals surface area (Å²) in [6, 6.07) is 11.9. The van der Waals surface area contributed by atoms with Gasteiger partial charge in [0.25, 0.3) is 0 Å². The summed E-state index contributed by atoms with van der Waals surface area (Å²) in [7, 11) is -1.16. The van der Waals surface area contributed by atoms with Gasteiger partial charge in [0, 0.05) is 30.6 Å². The Morgan fingerprint density at radius 2 is 1.36 bits per heavy atom. The second kappa shape index (κ2) is 7.87. The van der Waals surface area contributed by atoms with Gasteiger partial charge in [0.2, 0.25) is 0 Å². The third-order valence-corrected chi connectivity index (χ3v) is 7.34. The zero-order valence-corrected chi connectivity index (χ0v) is 16.9. The van der Waals surface area contributed by atoms with Gasteiger partial charge in [-0.05, 0) is 74.0 Å². The largest absolute Gasteiger partial charge is 0.590 e. The summed E-state index contributed by atoms with van der Waals surface area (Å²) in [6.07, 6.45) is 2.59. The molecule has 1 aromatic heterocycles. The topological polar surface area (TPSA) is 48.0 Å². The lowest BCUT2D eigenvalue weighted by atomic mass is 10.1. The minimum absolute atomic E-state index is 0.674. The van der Waals surface area contributed by atoms with E-state index in [1.165, 1.54) is 39.0 Å². The van der Waals surface area contributed by atoms with E-state index in [4.69, 9.17) is 9.47 Å². The van der Waals surface area contributed by atoms with E-state index in [-0.39, 0.29) is 0 Å². The molecule has 0 radical (unpaired) electrons. The number of fused-ring (bicyclic) bond motifs is 3. The van der Waals surface area contributed by atoms with E-state index in [9.17, 15) is 4.55 Å². The molecule has 5 nitrogen and oxygen atoms in total. The molecule has 2 aliphatic rings. The number of benzene rings is 2. The zero-order chi connectivity index (χ0) is 18.9. The van der Waals surface area contributed by atoms with Crippen molar-refractivity contribution in [1.82, 2.24) is 9.80 Å². The van der Waals surface area contributed by atoms with Crippen molar-refractivity contribution >= 4 is 30.9 Å². The van der Waals surface area contributed by atoms with Crippen molar-refractivity contribution < 1.29 is 14.0 Å². The van der Waals surface area contributed by atoms with E-state index in [1.54, 1.807) is 0 Å². The molecule has 148 valence electrons. The first-order valence-electron chi connectivity index (χ1n) is 10.2. The first kappa shape index (κ1) is 18.2. The van der Waals surface area contributed by atoms with Gasteiger partial charge in [-0.1, -0.05) is 0 Å². The van der Waals surface area contributed by atoms with Crippen LogP contribution in [0.5, 0.6) is 11.5 Å². The molecule has 1 unspecified atom stereocenters. The molecule has 3 heterocycles. The maximum atomic E-state index is 12.9. The fourth-order valence-corrected chi connectivity index (χ4v) is 5.25. The first-order chi connectivity index (χ1) is 13.8. The van der Waals surface area contributed by atoms with E-state index < -0.39 is 10.8 Å². The Labute approximate surface area is 168 Å². The van der Waals surface area contributed by atoms with E-state index >= 15 is 0 Å². The standard InChI is InChI=1S/C22H26N2O3S/c25-28-21-6-4-17(26-13-11-23-7-1-8-23)15-20(21)19-5-3-18(16-22(19)28)27-14-12-24-9-2-10-24/h3-6,15-16H,1-2,7-14H2. The average Bonchev–Trinajstić information content (AvgIpc) is 2.91. The number of hydrogen-bond donors (Lipinski definition) is 0. The first-order valence-corrected chi connectivity index (χ1v) is 11.3. The maximum Gasteiger partial charge on any atom is 0.184 e. The molecule has 0 spiro atoms. The molecule has 3 aromatic rings. The summed E-state index contributed by atoms with van der Waals surface area (Å²) in [4.78, 5) is 4.77. The van der Waals surface area contributed by atoms with Crippen molar-refractivity contribution in [2.45, 2.75) is 12.8 Å². The molecule has 2 aromatic carbocycles. The highest BCUT2D eigenvalue weighted by Crippen LogP contribution is 2.43. The number of hydrogen-bond acceptors (Lipinski definition) is 5. The summed E-state index contributed by atoms with van der Waals surface area (Å²) in [5, 5.41) is 2.04. The molecule has 2 fully saturated rings. The molecule has 5 rings (SSSR count). The second-order valence-electron chi connectivity index (χ2n) is 7.67. The Bertz CT molecular complexity index is 979. The molecule has 0 N–H and O–H groups in total. The van der Waals surface area contributed by atoms with E-state index in [1.807, 2.05) is 36.4 Å². The third kappa shape index (κ3) is 3.57. The predicted molar refractivity (Wildman–Crippen MR) is 113 cm³/mol. The SMILES string of the molecule is [O-][s+]1c2ccc(OCCN3CCC3)cc2c2ccc(OCCN3CCC3)cc21. The highest BCUT2D eigenvalue weighted by Gasteiger charge is 2.18. The van der Waals surface area contributed by atoms with Gasteiger partial charge in [0.05, 0.1) is 5.39 Å². The molecule has 2 saturated heterocycles. The smallest absolute Gasteiger partial charge is 0.184 e. The second-order valence-corrected chi connectivity index (χ2v) is 9.09. The van der Waals surface area contributed by atoms with Gasteiger partial charge < -0.3 is 14.0 Å². The van der Waals surface area contributed by atoms with Gasteiger partial charge in [-0.15, -0.1) is 0 Å². The monoisotopic (exact) mass is 398 g/mol. The molecule has 0 bridgehead atoms. The van der Waals surface area contributed by atoms with Crippen LogP contribution in [-0.4, -0.2) is 66.8 Å². The fourth-order valence-electron chi connectivity index (χ4n) is 3.85. The highest BCUT2D eigenvalue weighted by atomic mass is 32.2. The van der Waals surface area contributed by atoms with Gasteiger partial charge in [-0.25, -0.2) is 0 Å². The van der Waals surface area contributed by atoms with Crippen molar-refractivity contribution in [2.75, 3.05) is 52.5 Å². The van der Waals surface area contributed by atoms with E-state index in [0.717, 1.165) is 44.8 Å². The lowest BCUT2D eigenvalue weighted by Gasteiger charge is -2.30. The molecular weight excluding hydrogens is 372 g/mol. The fraction of sp³-hybridized carbons (Fsp3) is 0.455. The van der Waals surface area contributed by atoms with Crippen LogP contribution in [0.15, 0.2) is 36.4 Å². The van der Waals surface area contributed by atoms with E-state index in [2.05, 4.69) is 9.80 Å². The van der Waals surface area contributed by atoms with Gasteiger partial charge in [-0.3, -0.25) is 9.80 Å². The predicted octanol–water partition coefficient (Wildman–Crippen LogP) is 3.89. The van der Waals surface area contributed by atoms with Crippen LogP contribution >= 0.6 is 10.8 Å². The number of rotatable bonds is 8. The quantitative estimate of drug-likeness (QED) is 0.539. The summed E-state index contributed by atoms with van der Waals surface area (Å²) in [5.74, 6) is 1.64. The molecular formula is C22H26N2O3S.